The summed E-state index contributed by atoms with van der Waals surface area (Å²) in [6, 6.07) is 10.1. The Morgan fingerprint density at radius 1 is 0.949 bits per heavy atom. The van der Waals surface area contributed by atoms with Crippen molar-refractivity contribution in [3.05, 3.63) is 64.2 Å². The maximum atomic E-state index is 14.3. The number of ether oxygens (including phenoxy) is 1. The van der Waals surface area contributed by atoms with Crippen molar-refractivity contribution < 1.29 is 19.1 Å². The normalized spacial score (nSPS) is 13.7. The smallest absolute Gasteiger partial charge is 0.408 e. The fourth-order valence-electron chi connectivity index (χ4n) is 4.61. The van der Waals surface area contributed by atoms with Crippen LogP contribution in [-0.2, 0) is 14.3 Å². The summed E-state index contributed by atoms with van der Waals surface area (Å²) in [6.07, 6.45) is 0.652. The second kappa shape index (κ2) is 13.6. The molecule has 0 saturated heterocycles. The second-order valence-corrected chi connectivity index (χ2v) is 11.6. The van der Waals surface area contributed by atoms with Gasteiger partial charge in [-0.3, -0.25) is 9.59 Å². The molecule has 2 rings (SSSR count). The maximum absolute atomic E-state index is 14.3. The Balaban J connectivity index is 2.62. The molecule has 0 aliphatic heterocycles. The fraction of sp³-hybridized carbons (Fsp3) is 0.531. The van der Waals surface area contributed by atoms with E-state index in [1.54, 1.807) is 25.7 Å². The van der Waals surface area contributed by atoms with Gasteiger partial charge in [0, 0.05) is 12.2 Å². The molecule has 0 aliphatic rings. The summed E-state index contributed by atoms with van der Waals surface area (Å²) in [5.41, 5.74) is 4.60. The number of nitrogens with one attached hydrogen (secondary N) is 2. The second-order valence-electron chi connectivity index (χ2n) is 11.6. The fourth-order valence-corrected chi connectivity index (χ4v) is 4.61. The lowest BCUT2D eigenvalue weighted by atomic mass is 9.93. The molecule has 0 radical (unpaired) electrons. The summed E-state index contributed by atoms with van der Waals surface area (Å²) >= 11 is 0. The van der Waals surface area contributed by atoms with Gasteiger partial charge in [0.15, 0.2) is 0 Å². The highest BCUT2D eigenvalue weighted by molar-refractivity contribution is 6.00. The topological polar surface area (TPSA) is 87.7 Å². The molecule has 7 nitrogen and oxygen atoms in total. The standard InChI is InChI=1S/C32H47N3O4/c1-11-18-35(30(37)27(21(4)12-2)34-31(38)39-32(8,9)10)28(25-19-20(3)16-17-22(25)5)29(36)33-26-23(6)14-13-15-24(26)7/h13-17,19,21,27-28H,11-12,18H2,1-10H3,(H,33,36)(H,34,38). The molecule has 3 unspecified atom stereocenters. The van der Waals surface area contributed by atoms with Gasteiger partial charge in [0.1, 0.15) is 17.7 Å². The first-order chi connectivity index (χ1) is 18.2. The van der Waals surface area contributed by atoms with E-state index in [1.807, 2.05) is 84.9 Å². The van der Waals surface area contributed by atoms with Crippen LogP contribution in [-0.4, -0.2) is 41.0 Å². The minimum atomic E-state index is -0.886. The first kappa shape index (κ1) is 31.9. The number of hydrogen-bond donors (Lipinski definition) is 2. The van der Waals surface area contributed by atoms with Crippen LogP contribution in [0.4, 0.5) is 10.5 Å². The zero-order chi connectivity index (χ0) is 29.5. The number of alkyl carbamates (subject to hydrolysis) is 1. The van der Waals surface area contributed by atoms with E-state index in [1.165, 1.54) is 0 Å². The lowest BCUT2D eigenvalue weighted by Crippen LogP contribution is -2.55. The molecule has 0 heterocycles. The molecule has 2 N–H and O–H groups in total. The zero-order valence-electron chi connectivity index (χ0n) is 25.4. The highest BCUT2D eigenvalue weighted by Gasteiger charge is 2.38. The minimum Gasteiger partial charge on any atom is -0.444 e. The van der Waals surface area contributed by atoms with Crippen LogP contribution in [0.15, 0.2) is 36.4 Å². The molecule has 2 aromatic rings. The van der Waals surface area contributed by atoms with Crippen molar-refractivity contribution >= 4 is 23.6 Å². The van der Waals surface area contributed by atoms with Crippen molar-refractivity contribution in [2.45, 2.75) is 99.8 Å². The zero-order valence-corrected chi connectivity index (χ0v) is 25.4. The molecule has 214 valence electrons. The largest absolute Gasteiger partial charge is 0.444 e. The van der Waals surface area contributed by atoms with Crippen LogP contribution in [0.5, 0.6) is 0 Å². The third-order valence-electron chi connectivity index (χ3n) is 6.92. The number of benzene rings is 2. The summed E-state index contributed by atoms with van der Waals surface area (Å²) in [4.78, 5) is 42.9. The van der Waals surface area contributed by atoms with Crippen LogP contribution >= 0.6 is 0 Å². The van der Waals surface area contributed by atoms with Crippen LogP contribution in [0.2, 0.25) is 0 Å². The Morgan fingerprint density at radius 2 is 1.56 bits per heavy atom. The number of aryl methyl sites for hydroxylation is 4. The molecule has 2 aromatic carbocycles. The van der Waals surface area contributed by atoms with E-state index in [4.69, 9.17) is 4.74 Å². The van der Waals surface area contributed by atoms with E-state index in [2.05, 4.69) is 10.6 Å². The van der Waals surface area contributed by atoms with E-state index in [9.17, 15) is 14.4 Å². The molecule has 0 aliphatic carbocycles. The first-order valence-electron chi connectivity index (χ1n) is 13.9. The SMILES string of the molecule is CCCN(C(=O)C(NC(=O)OC(C)(C)C)C(C)CC)C(C(=O)Nc1c(C)cccc1C)c1cc(C)ccc1C. The average Bonchev–Trinajstić information content (AvgIpc) is 2.84. The molecule has 0 saturated carbocycles. The van der Waals surface area contributed by atoms with E-state index in [0.717, 1.165) is 33.5 Å². The summed E-state index contributed by atoms with van der Waals surface area (Å²) in [6.45, 7) is 19.4. The third kappa shape index (κ3) is 8.57. The molecule has 3 atom stereocenters. The van der Waals surface area contributed by atoms with Crippen molar-refractivity contribution in [2.75, 3.05) is 11.9 Å². The number of amides is 3. The number of nitrogens with zero attached hydrogens (tertiary/aromatic N) is 1. The van der Waals surface area contributed by atoms with Crippen LogP contribution in [0.1, 0.15) is 88.2 Å². The Kier molecular flexibility index (Phi) is 11.1. The molecular formula is C32H47N3O4. The number of rotatable bonds is 10. The van der Waals surface area contributed by atoms with Gasteiger partial charge >= 0.3 is 6.09 Å². The molecule has 0 aromatic heterocycles. The summed E-state index contributed by atoms with van der Waals surface area (Å²) in [7, 11) is 0. The predicted molar refractivity (Wildman–Crippen MR) is 158 cm³/mol. The molecule has 3 amide bonds. The highest BCUT2D eigenvalue weighted by atomic mass is 16.6. The van der Waals surface area contributed by atoms with Gasteiger partial charge in [-0.1, -0.05) is 69.2 Å². The minimum absolute atomic E-state index is 0.176. The van der Waals surface area contributed by atoms with Crippen molar-refractivity contribution in [1.29, 1.82) is 0 Å². The summed E-state index contributed by atoms with van der Waals surface area (Å²) in [5, 5.41) is 5.94. The van der Waals surface area contributed by atoms with Crippen LogP contribution < -0.4 is 10.6 Å². The molecule has 7 heteroatoms. The molecule has 0 spiro atoms. The number of carbonyl (C=O) groups excluding carboxylic acids is 3. The number of para-hydroxylation sites is 1. The van der Waals surface area contributed by atoms with Crippen molar-refractivity contribution in [1.82, 2.24) is 10.2 Å². The Morgan fingerprint density at radius 3 is 2.10 bits per heavy atom. The Hall–Kier alpha value is -3.35. The lowest BCUT2D eigenvalue weighted by molar-refractivity contribution is -0.142. The summed E-state index contributed by atoms with van der Waals surface area (Å²) < 4.78 is 5.49. The molecule has 0 bridgehead atoms. The highest BCUT2D eigenvalue weighted by Crippen LogP contribution is 2.30. The van der Waals surface area contributed by atoms with Gasteiger partial charge in [-0.15, -0.1) is 0 Å². The molecule has 39 heavy (non-hydrogen) atoms. The predicted octanol–water partition coefficient (Wildman–Crippen LogP) is 6.78. The van der Waals surface area contributed by atoms with E-state index >= 15 is 0 Å². The van der Waals surface area contributed by atoms with Crippen molar-refractivity contribution in [2.24, 2.45) is 5.92 Å². The van der Waals surface area contributed by atoms with Gasteiger partial charge in [-0.05, 0) is 83.1 Å². The molecule has 0 fully saturated rings. The number of hydrogen-bond acceptors (Lipinski definition) is 4. The summed E-state index contributed by atoms with van der Waals surface area (Å²) in [5.74, 6) is -0.770. The monoisotopic (exact) mass is 537 g/mol. The number of anilines is 1. The maximum Gasteiger partial charge on any atom is 0.408 e. The van der Waals surface area contributed by atoms with Crippen LogP contribution in [0, 0.1) is 33.6 Å². The van der Waals surface area contributed by atoms with Gasteiger partial charge in [-0.25, -0.2) is 4.79 Å². The van der Waals surface area contributed by atoms with Gasteiger partial charge in [0.05, 0.1) is 0 Å². The van der Waals surface area contributed by atoms with E-state index in [-0.39, 0.29) is 17.7 Å². The van der Waals surface area contributed by atoms with Crippen molar-refractivity contribution in [3.63, 3.8) is 0 Å². The Bertz CT molecular complexity index is 1150. The van der Waals surface area contributed by atoms with Gasteiger partial charge in [0.2, 0.25) is 5.91 Å². The third-order valence-corrected chi connectivity index (χ3v) is 6.92. The van der Waals surface area contributed by atoms with Gasteiger partial charge < -0.3 is 20.3 Å². The van der Waals surface area contributed by atoms with E-state index in [0.29, 0.717) is 19.4 Å². The van der Waals surface area contributed by atoms with Crippen LogP contribution in [0.3, 0.4) is 0 Å². The van der Waals surface area contributed by atoms with Crippen LogP contribution in [0.25, 0.3) is 0 Å². The molecular weight excluding hydrogens is 490 g/mol. The van der Waals surface area contributed by atoms with Gasteiger partial charge in [0.25, 0.3) is 5.91 Å². The van der Waals surface area contributed by atoms with E-state index < -0.39 is 23.8 Å². The Labute approximate surface area is 234 Å². The van der Waals surface area contributed by atoms with Crippen molar-refractivity contribution in [3.8, 4) is 0 Å². The lowest BCUT2D eigenvalue weighted by Gasteiger charge is -2.36. The number of carbonyl (C=O) groups is 3. The quantitative estimate of drug-likeness (QED) is 0.350. The van der Waals surface area contributed by atoms with Gasteiger partial charge in [-0.2, -0.15) is 0 Å². The first-order valence-corrected chi connectivity index (χ1v) is 13.9. The average molecular weight is 538 g/mol.